The largest absolute Gasteiger partial charge is 0.358 e. The monoisotopic (exact) mass is 324 g/mol. The number of nitrogens with one attached hydrogen (secondary N) is 2. The van der Waals surface area contributed by atoms with Gasteiger partial charge in [-0.1, -0.05) is 37.5 Å². The third-order valence-electron chi connectivity index (χ3n) is 5.09. The van der Waals surface area contributed by atoms with E-state index in [0.29, 0.717) is 12.8 Å². The molecule has 1 aromatic heterocycles. The van der Waals surface area contributed by atoms with Crippen LogP contribution in [0.15, 0.2) is 29.4 Å². The Labute approximate surface area is 139 Å². The van der Waals surface area contributed by atoms with Gasteiger partial charge < -0.3 is 10.3 Å². The van der Waals surface area contributed by atoms with Gasteiger partial charge in [0.05, 0.1) is 6.21 Å². The van der Waals surface area contributed by atoms with Crippen LogP contribution >= 0.6 is 0 Å². The zero-order valence-corrected chi connectivity index (χ0v) is 13.6. The Balaban J connectivity index is 1.65. The van der Waals surface area contributed by atoms with E-state index >= 15 is 0 Å². The van der Waals surface area contributed by atoms with Gasteiger partial charge in [0.2, 0.25) is 0 Å². The van der Waals surface area contributed by atoms with Gasteiger partial charge in [0.25, 0.3) is 5.91 Å². The highest BCUT2D eigenvalue weighted by atomic mass is 16.2. The number of aromatic amines is 1. The normalized spacial score (nSPS) is 20.5. The number of para-hydroxylation sites is 1. The van der Waals surface area contributed by atoms with Gasteiger partial charge in [-0.25, -0.2) is 4.79 Å². The Hall–Kier alpha value is -2.63. The molecule has 6 heteroatoms. The quantitative estimate of drug-likeness (QED) is 0.658. The number of imide groups is 1. The van der Waals surface area contributed by atoms with Gasteiger partial charge in [-0.15, -0.1) is 5.01 Å². The Kier molecular flexibility index (Phi) is 3.40. The summed E-state index contributed by atoms with van der Waals surface area (Å²) in [6.07, 6.45) is 6.05. The molecule has 24 heavy (non-hydrogen) atoms. The standard InChI is InChI=1S/C18H20N4O2/c1-12-14(13-7-3-4-8-15(13)20-12)11-19-22-16(23)18(21-17(22)24)9-5-2-6-10-18/h3-4,7-8,11,20H,2,5-6,9-10H2,1H3,(H,21,24). The lowest BCUT2D eigenvalue weighted by molar-refractivity contribution is -0.132. The molecule has 0 unspecified atom stereocenters. The molecule has 1 aliphatic carbocycles. The maximum atomic E-state index is 12.7. The molecule has 1 saturated heterocycles. The molecule has 2 aromatic rings. The summed E-state index contributed by atoms with van der Waals surface area (Å²) < 4.78 is 0. The summed E-state index contributed by atoms with van der Waals surface area (Å²) >= 11 is 0. The number of hydrogen-bond donors (Lipinski definition) is 2. The van der Waals surface area contributed by atoms with E-state index in [-0.39, 0.29) is 5.91 Å². The molecule has 2 heterocycles. The molecule has 1 aliphatic heterocycles. The Morgan fingerprint density at radius 2 is 1.92 bits per heavy atom. The van der Waals surface area contributed by atoms with Crippen LogP contribution in [-0.2, 0) is 4.79 Å². The van der Waals surface area contributed by atoms with Crippen LogP contribution < -0.4 is 5.32 Å². The van der Waals surface area contributed by atoms with E-state index in [1.165, 1.54) is 0 Å². The second kappa shape index (κ2) is 5.47. The van der Waals surface area contributed by atoms with Crippen LogP contribution in [0.25, 0.3) is 10.9 Å². The summed E-state index contributed by atoms with van der Waals surface area (Å²) in [5.74, 6) is -0.221. The van der Waals surface area contributed by atoms with Gasteiger partial charge in [0.15, 0.2) is 0 Å². The maximum Gasteiger partial charge on any atom is 0.346 e. The smallest absolute Gasteiger partial charge is 0.346 e. The summed E-state index contributed by atoms with van der Waals surface area (Å²) in [6, 6.07) is 7.48. The third kappa shape index (κ3) is 2.21. The Bertz CT molecular complexity index is 846. The number of rotatable bonds is 2. The zero-order chi connectivity index (χ0) is 16.7. The third-order valence-corrected chi connectivity index (χ3v) is 5.09. The van der Waals surface area contributed by atoms with Crippen molar-refractivity contribution in [3.63, 3.8) is 0 Å². The van der Waals surface area contributed by atoms with Crippen LogP contribution in [0.5, 0.6) is 0 Å². The number of benzene rings is 1. The average molecular weight is 324 g/mol. The number of hydrogen-bond acceptors (Lipinski definition) is 3. The van der Waals surface area contributed by atoms with Crippen molar-refractivity contribution in [3.8, 4) is 0 Å². The zero-order valence-electron chi connectivity index (χ0n) is 13.6. The Morgan fingerprint density at radius 3 is 2.71 bits per heavy atom. The number of nitrogens with zero attached hydrogens (tertiary/aromatic N) is 2. The second-order valence-corrected chi connectivity index (χ2v) is 6.64. The number of amides is 3. The van der Waals surface area contributed by atoms with Gasteiger partial charge >= 0.3 is 6.03 Å². The van der Waals surface area contributed by atoms with E-state index in [9.17, 15) is 9.59 Å². The highest BCUT2D eigenvalue weighted by molar-refractivity contribution is 6.08. The van der Waals surface area contributed by atoms with Crippen molar-refractivity contribution in [1.82, 2.24) is 15.3 Å². The molecule has 4 rings (SSSR count). The van der Waals surface area contributed by atoms with E-state index in [2.05, 4.69) is 15.4 Å². The maximum absolute atomic E-state index is 12.7. The summed E-state index contributed by atoms with van der Waals surface area (Å²) in [6.45, 7) is 1.95. The van der Waals surface area contributed by atoms with Gasteiger partial charge in [-0.3, -0.25) is 4.79 Å². The molecule has 1 saturated carbocycles. The molecular formula is C18H20N4O2. The van der Waals surface area contributed by atoms with Crippen LogP contribution in [0, 0.1) is 6.92 Å². The number of aryl methyl sites for hydroxylation is 1. The molecule has 6 nitrogen and oxygen atoms in total. The molecule has 0 atom stereocenters. The summed E-state index contributed by atoms with van der Waals surface area (Å²) in [4.78, 5) is 28.2. The predicted molar refractivity (Wildman–Crippen MR) is 91.8 cm³/mol. The minimum Gasteiger partial charge on any atom is -0.358 e. The second-order valence-electron chi connectivity index (χ2n) is 6.64. The van der Waals surface area contributed by atoms with Gasteiger partial charge in [-0.2, -0.15) is 5.10 Å². The fraction of sp³-hybridized carbons (Fsp3) is 0.389. The fourth-order valence-electron chi connectivity index (χ4n) is 3.79. The van der Waals surface area contributed by atoms with E-state index in [4.69, 9.17) is 0 Å². The van der Waals surface area contributed by atoms with Crippen molar-refractivity contribution in [2.24, 2.45) is 5.10 Å². The molecule has 0 radical (unpaired) electrons. The van der Waals surface area contributed by atoms with Crippen LogP contribution in [0.2, 0.25) is 0 Å². The Morgan fingerprint density at radius 1 is 1.17 bits per heavy atom. The highest BCUT2D eigenvalue weighted by Crippen LogP contribution is 2.33. The SMILES string of the molecule is Cc1[nH]c2ccccc2c1C=NN1C(=O)NC2(CCCCC2)C1=O. The van der Waals surface area contributed by atoms with E-state index in [0.717, 1.165) is 46.4 Å². The number of hydrazone groups is 1. The van der Waals surface area contributed by atoms with Crippen LogP contribution in [-0.4, -0.2) is 33.7 Å². The van der Waals surface area contributed by atoms with Crippen molar-refractivity contribution in [3.05, 3.63) is 35.5 Å². The summed E-state index contributed by atoms with van der Waals surface area (Å²) in [5, 5.41) is 9.10. The number of H-pyrrole nitrogens is 1. The summed E-state index contributed by atoms with van der Waals surface area (Å²) in [5.41, 5.74) is 2.13. The van der Waals surface area contributed by atoms with Crippen LogP contribution in [0.4, 0.5) is 4.79 Å². The van der Waals surface area contributed by atoms with Crippen molar-refractivity contribution in [2.45, 2.75) is 44.6 Å². The van der Waals surface area contributed by atoms with E-state index in [1.54, 1.807) is 6.21 Å². The van der Waals surface area contributed by atoms with Gasteiger partial charge in [0, 0.05) is 22.2 Å². The van der Waals surface area contributed by atoms with Crippen molar-refractivity contribution >= 4 is 29.1 Å². The molecule has 124 valence electrons. The molecule has 1 aromatic carbocycles. The molecule has 3 amide bonds. The lowest BCUT2D eigenvalue weighted by Gasteiger charge is -2.29. The van der Waals surface area contributed by atoms with Gasteiger partial charge in [0.1, 0.15) is 5.54 Å². The molecular weight excluding hydrogens is 304 g/mol. The summed E-state index contributed by atoms with van der Waals surface area (Å²) in [7, 11) is 0. The number of urea groups is 1. The minimum absolute atomic E-state index is 0.221. The highest BCUT2D eigenvalue weighted by Gasteiger charge is 2.51. The van der Waals surface area contributed by atoms with Gasteiger partial charge in [-0.05, 0) is 25.8 Å². The minimum atomic E-state index is -0.734. The first-order valence-electron chi connectivity index (χ1n) is 8.39. The first-order valence-corrected chi connectivity index (χ1v) is 8.39. The molecule has 1 spiro atoms. The number of carbonyl (C=O) groups is 2. The first kappa shape index (κ1) is 14.9. The lowest BCUT2D eigenvalue weighted by Crippen LogP contribution is -2.48. The lowest BCUT2D eigenvalue weighted by atomic mass is 9.82. The molecule has 2 aliphatic rings. The molecule has 2 fully saturated rings. The molecule has 2 N–H and O–H groups in total. The van der Waals surface area contributed by atoms with Crippen molar-refractivity contribution in [2.75, 3.05) is 0 Å². The number of carbonyl (C=O) groups excluding carboxylic acids is 2. The van der Waals surface area contributed by atoms with Crippen molar-refractivity contribution < 1.29 is 9.59 Å². The fourth-order valence-corrected chi connectivity index (χ4v) is 3.79. The number of aromatic nitrogens is 1. The van der Waals surface area contributed by atoms with E-state index in [1.807, 2.05) is 31.2 Å². The van der Waals surface area contributed by atoms with E-state index < -0.39 is 11.6 Å². The first-order chi connectivity index (χ1) is 11.6. The number of fused-ring (bicyclic) bond motifs is 1. The molecule has 0 bridgehead atoms. The topological polar surface area (TPSA) is 77.6 Å². The van der Waals surface area contributed by atoms with Crippen LogP contribution in [0.1, 0.15) is 43.4 Å². The predicted octanol–water partition coefficient (Wildman–Crippen LogP) is 3.06. The van der Waals surface area contributed by atoms with Crippen LogP contribution in [0.3, 0.4) is 0 Å². The van der Waals surface area contributed by atoms with Crippen molar-refractivity contribution in [1.29, 1.82) is 0 Å². The average Bonchev–Trinajstić information content (AvgIpc) is 3.01.